The summed E-state index contributed by atoms with van der Waals surface area (Å²) >= 11 is 0. The third-order valence-corrected chi connectivity index (χ3v) is 2.09. The largest absolute Gasteiger partial charge is 0.328 e. The van der Waals surface area contributed by atoms with E-state index < -0.39 is 0 Å². The maximum Gasteiger partial charge on any atom is 0.00420 e. The predicted octanol–water partition coefficient (Wildman–Crippen LogP) is 2.38. The van der Waals surface area contributed by atoms with Gasteiger partial charge >= 0.3 is 0 Å². The van der Waals surface area contributed by atoms with Crippen molar-refractivity contribution in [1.82, 2.24) is 0 Å². The first-order chi connectivity index (χ1) is 5.39. The van der Waals surface area contributed by atoms with Crippen molar-refractivity contribution in [2.45, 2.75) is 44.6 Å². The lowest BCUT2D eigenvalue weighted by Gasteiger charge is -2.09. The zero-order valence-electron chi connectivity index (χ0n) is 7.05. The normalized spacial score (nSPS) is 26.8. The molecular formula is C10H17N. The Morgan fingerprint density at radius 1 is 1.09 bits per heavy atom. The van der Waals surface area contributed by atoms with Gasteiger partial charge in [0.25, 0.3) is 0 Å². The molecule has 1 unspecified atom stereocenters. The molecule has 0 saturated heterocycles. The third-order valence-electron chi connectivity index (χ3n) is 2.09. The average molecular weight is 151 g/mol. The van der Waals surface area contributed by atoms with E-state index in [9.17, 15) is 0 Å². The molecule has 1 nitrogen and oxygen atoms in total. The molecular weight excluding hydrogens is 134 g/mol. The summed E-state index contributed by atoms with van der Waals surface area (Å²) in [5, 5.41) is 0. The highest BCUT2D eigenvalue weighted by Crippen LogP contribution is 2.08. The molecule has 0 saturated carbocycles. The molecule has 0 aromatic rings. The van der Waals surface area contributed by atoms with Crippen LogP contribution in [0.3, 0.4) is 0 Å². The van der Waals surface area contributed by atoms with Gasteiger partial charge in [0.2, 0.25) is 0 Å². The van der Waals surface area contributed by atoms with Crippen molar-refractivity contribution in [2.24, 2.45) is 5.73 Å². The lowest BCUT2D eigenvalue weighted by molar-refractivity contribution is 0.536. The van der Waals surface area contributed by atoms with Crippen LogP contribution >= 0.6 is 0 Å². The van der Waals surface area contributed by atoms with Gasteiger partial charge in [-0.3, -0.25) is 0 Å². The van der Waals surface area contributed by atoms with Gasteiger partial charge in [-0.2, -0.15) is 0 Å². The topological polar surface area (TPSA) is 26.0 Å². The Hall–Kier alpha value is -0.520. The Bertz CT molecular complexity index is 154. The minimum Gasteiger partial charge on any atom is -0.328 e. The standard InChI is InChI=1S/C10H17N/c11-10-8-6-4-2-1-3-5-7-9-10/h1,5,10H,2,4,6-9,11H2. The van der Waals surface area contributed by atoms with E-state index in [1.807, 2.05) is 0 Å². The van der Waals surface area contributed by atoms with E-state index in [-0.39, 0.29) is 0 Å². The zero-order valence-corrected chi connectivity index (χ0v) is 7.05. The van der Waals surface area contributed by atoms with E-state index in [0.717, 1.165) is 12.8 Å². The fourth-order valence-corrected chi connectivity index (χ4v) is 1.34. The second kappa shape index (κ2) is 5.17. The molecule has 0 fully saturated rings. The molecule has 1 aliphatic rings. The molecule has 0 spiro atoms. The maximum absolute atomic E-state index is 5.87. The van der Waals surface area contributed by atoms with E-state index in [1.165, 1.54) is 25.7 Å². The molecule has 0 heterocycles. The lowest BCUT2D eigenvalue weighted by Crippen LogP contribution is -2.19. The van der Waals surface area contributed by atoms with Crippen molar-refractivity contribution in [3.63, 3.8) is 0 Å². The maximum atomic E-state index is 5.87. The Morgan fingerprint density at radius 3 is 2.82 bits per heavy atom. The molecule has 0 aromatic heterocycles. The molecule has 0 aliphatic heterocycles. The zero-order chi connectivity index (χ0) is 7.94. The predicted molar refractivity (Wildman–Crippen MR) is 48.3 cm³/mol. The van der Waals surface area contributed by atoms with Crippen molar-refractivity contribution in [3.05, 3.63) is 17.9 Å². The van der Waals surface area contributed by atoms with Crippen LogP contribution in [-0.2, 0) is 0 Å². The summed E-state index contributed by atoms with van der Waals surface area (Å²) in [6.45, 7) is 0. The fraction of sp³-hybridized carbons (Fsp3) is 0.700. The summed E-state index contributed by atoms with van der Waals surface area (Å²) in [5.41, 5.74) is 9.04. The molecule has 0 bridgehead atoms. The van der Waals surface area contributed by atoms with Crippen LogP contribution in [0.1, 0.15) is 38.5 Å². The van der Waals surface area contributed by atoms with Crippen molar-refractivity contribution >= 4 is 0 Å². The first kappa shape index (κ1) is 8.58. The molecule has 0 amide bonds. The number of rotatable bonds is 0. The van der Waals surface area contributed by atoms with Crippen LogP contribution in [-0.4, -0.2) is 6.04 Å². The molecule has 1 heteroatoms. The van der Waals surface area contributed by atoms with E-state index >= 15 is 0 Å². The summed E-state index contributed by atoms with van der Waals surface area (Å²) in [4.78, 5) is 0. The lowest BCUT2D eigenvalue weighted by atomic mass is 10.0. The Morgan fingerprint density at radius 2 is 1.91 bits per heavy atom. The SMILES string of the molecule is NC1CCC=C=CCCCC1. The quantitative estimate of drug-likeness (QED) is 0.528. The molecule has 62 valence electrons. The smallest absolute Gasteiger partial charge is 0.00420 e. The van der Waals surface area contributed by atoms with Crippen LogP contribution in [0.15, 0.2) is 17.9 Å². The molecule has 1 atom stereocenters. The molecule has 1 rings (SSSR count). The highest BCUT2D eigenvalue weighted by atomic mass is 14.6. The second-order valence-electron chi connectivity index (χ2n) is 3.20. The molecule has 2 N–H and O–H groups in total. The van der Waals surface area contributed by atoms with Gasteiger partial charge in [-0.1, -0.05) is 6.42 Å². The summed E-state index contributed by atoms with van der Waals surface area (Å²) in [5.74, 6) is 0. The first-order valence-electron chi connectivity index (χ1n) is 4.54. The Kier molecular flexibility index (Phi) is 4.03. The van der Waals surface area contributed by atoms with E-state index in [1.54, 1.807) is 0 Å². The number of hydrogen-bond acceptors (Lipinski definition) is 1. The third kappa shape index (κ3) is 4.02. The Balaban J connectivity index is 2.36. The fourth-order valence-electron chi connectivity index (χ4n) is 1.34. The summed E-state index contributed by atoms with van der Waals surface area (Å²) in [6.07, 6.45) is 11.4. The van der Waals surface area contributed by atoms with Gasteiger partial charge in [0.15, 0.2) is 0 Å². The number of allylic oxidation sites excluding steroid dienone is 1. The van der Waals surface area contributed by atoms with Crippen LogP contribution < -0.4 is 5.73 Å². The minimum absolute atomic E-state index is 0.422. The Labute approximate surface area is 69.0 Å². The summed E-state index contributed by atoms with van der Waals surface area (Å²) < 4.78 is 0. The van der Waals surface area contributed by atoms with Gasteiger partial charge in [-0.25, -0.2) is 0 Å². The first-order valence-corrected chi connectivity index (χ1v) is 4.54. The van der Waals surface area contributed by atoms with Crippen molar-refractivity contribution in [1.29, 1.82) is 0 Å². The summed E-state index contributed by atoms with van der Waals surface area (Å²) in [6, 6.07) is 0.422. The van der Waals surface area contributed by atoms with Gasteiger partial charge < -0.3 is 5.73 Å². The van der Waals surface area contributed by atoms with Crippen LogP contribution in [0.5, 0.6) is 0 Å². The van der Waals surface area contributed by atoms with E-state index in [0.29, 0.717) is 6.04 Å². The number of nitrogens with two attached hydrogens (primary N) is 1. The minimum atomic E-state index is 0.422. The highest BCUT2D eigenvalue weighted by Gasteiger charge is 2.00. The molecule has 0 radical (unpaired) electrons. The monoisotopic (exact) mass is 151 g/mol. The molecule has 1 aliphatic carbocycles. The molecule has 0 aromatic carbocycles. The van der Waals surface area contributed by atoms with Gasteiger partial charge in [-0.05, 0) is 44.3 Å². The van der Waals surface area contributed by atoms with Crippen molar-refractivity contribution < 1.29 is 0 Å². The van der Waals surface area contributed by atoms with Crippen LogP contribution in [0.2, 0.25) is 0 Å². The average Bonchev–Trinajstić information content (AvgIpc) is 2.03. The van der Waals surface area contributed by atoms with Gasteiger partial charge in [0.05, 0.1) is 0 Å². The second-order valence-corrected chi connectivity index (χ2v) is 3.20. The van der Waals surface area contributed by atoms with Crippen LogP contribution in [0.4, 0.5) is 0 Å². The van der Waals surface area contributed by atoms with Gasteiger partial charge in [0.1, 0.15) is 0 Å². The van der Waals surface area contributed by atoms with Crippen LogP contribution in [0, 0.1) is 0 Å². The summed E-state index contributed by atoms with van der Waals surface area (Å²) in [7, 11) is 0. The van der Waals surface area contributed by atoms with Crippen molar-refractivity contribution in [2.75, 3.05) is 0 Å². The van der Waals surface area contributed by atoms with E-state index in [4.69, 9.17) is 5.73 Å². The molecule has 11 heavy (non-hydrogen) atoms. The van der Waals surface area contributed by atoms with Gasteiger partial charge in [-0.15, -0.1) is 5.73 Å². The number of hydrogen-bond donors (Lipinski definition) is 1. The van der Waals surface area contributed by atoms with Gasteiger partial charge in [0, 0.05) is 6.04 Å². The highest BCUT2D eigenvalue weighted by molar-refractivity contribution is 4.86. The van der Waals surface area contributed by atoms with Crippen LogP contribution in [0.25, 0.3) is 0 Å². The van der Waals surface area contributed by atoms with E-state index in [2.05, 4.69) is 17.9 Å². The van der Waals surface area contributed by atoms with Crippen molar-refractivity contribution in [3.8, 4) is 0 Å².